The van der Waals surface area contributed by atoms with Crippen LogP contribution in [0.4, 0.5) is 0 Å². The Hall–Kier alpha value is -1.38. The van der Waals surface area contributed by atoms with Crippen molar-refractivity contribution in [3.63, 3.8) is 0 Å². The van der Waals surface area contributed by atoms with Crippen LogP contribution in [0.2, 0.25) is 0 Å². The van der Waals surface area contributed by atoms with Gasteiger partial charge in [-0.1, -0.05) is 17.7 Å². The zero-order chi connectivity index (χ0) is 10.8. The van der Waals surface area contributed by atoms with Gasteiger partial charge in [0.05, 0.1) is 5.92 Å². The molecule has 2 aliphatic rings. The van der Waals surface area contributed by atoms with Crippen molar-refractivity contribution in [2.24, 2.45) is 5.92 Å². The predicted molar refractivity (Wildman–Crippen MR) is 56.9 cm³/mol. The van der Waals surface area contributed by atoms with E-state index in [2.05, 4.69) is 18.3 Å². The summed E-state index contributed by atoms with van der Waals surface area (Å²) in [4.78, 5) is 22.7. The van der Waals surface area contributed by atoms with E-state index < -0.39 is 0 Å². The number of allylic oxidation sites excluding steroid dienone is 3. The molecule has 2 amide bonds. The van der Waals surface area contributed by atoms with Gasteiger partial charge in [-0.05, 0) is 31.8 Å². The molecule has 1 aliphatic heterocycles. The van der Waals surface area contributed by atoms with E-state index in [-0.39, 0.29) is 17.7 Å². The fourth-order valence-electron chi connectivity index (χ4n) is 2.20. The number of hydrogen-bond acceptors (Lipinski definition) is 2. The minimum absolute atomic E-state index is 0.112. The number of nitrogens with one attached hydrogen (secondary N) is 1. The average molecular weight is 205 g/mol. The first-order chi connectivity index (χ1) is 7.18. The number of amides is 2. The summed E-state index contributed by atoms with van der Waals surface area (Å²) in [6, 6.07) is 0. The number of rotatable bonds is 1. The molecule has 1 heterocycles. The van der Waals surface area contributed by atoms with Gasteiger partial charge in [0.1, 0.15) is 0 Å². The number of hydrogen-bond donors (Lipinski definition) is 1. The van der Waals surface area contributed by atoms with Gasteiger partial charge in [-0.15, -0.1) is 0 Å². The predicted octanol–water partition coefficient (Wildman–Crippen LogP) is 1.71. The highest BCUT2D eigenvalue weighted by molar-refractivity contribution is 6.00. The van der Waals surface area contributed by atoms with Crippen molar-refractivity contribution in [1.82, 2.24) is 5.32 Å². The molecule has 80 valence electrons. The largest absolute Gasteiger partial charge is 0.296 e. The fraction of sp³-hybridized carbons (Fsp3) is 0.500. The second-order valence-corrected chi connectivity index (χ2v) is 4.18. The van der Waals surface area contributed by atoms with Crippen molar-refractivity contribution in [3.05, 3.63) is 23.3 Å². The standard InChI is InChI=1S/C12H15NO2/c1-8-4-2-3-5-9(8)10-6-7-11(14)13-12(10)15/h3,5,10H,2,4,6-7H2,1H3,(H,13,14,15). The molecule has 3 heteroatoms. The van der Waals surface area contributed by atoms with E-state index in [9.17, 15) is 9.59 Å². The molecular formula is C12H15NO2. The highest BCUT2D eigenvalue weighted by atomic mass is 16.2. The topological polar surface area (TPSA) is 46.2 Å². The van der Waals surface area contributed by atoms with Crippen LogP contribution in [0.5, 0.6) is 0 Å². The van der Waals surface area contributed by atoms with Crippen LogP contribution >= 0.6 is 0 Å². The SMILES string of the molecule is CC1=C(C2CCC(=O)NC2=O)C=CCC1. The Labute approximate surface area is 89.2 Å². The summed E-state index contributed by atoms with van der Waals surface area (Å²) >= 11 is 0. The molecule has 1 saturated heterocycles. The van der Waals surface area contributed by atoms with Gasteiger partial charge in [-0.25, -0.2) is 0 Å². The third-order valence-electron chi connectivity index (χ3n) is 3.09. The summed E-state index contributed by atoms with van der Waals surface area (Å²) in [5.41, 5.74) is 2.40. The van der Waals surface area contributed by atoms with E-state index >= 15 is 0 Å². The van der Waals surface area contributed by atoms with Crippen molar-refractivity contribution in [1.29, 1.82) is 0 Å². The van der Waals surface area contributed by atoms with Gasteiger partial charge in [0.25, 0.3) is 0 Å². The molecule has 1 fully saturated rings. The van der Waals surface area contributed by atoms with Crippen molar-refractivity contribution >= 4 is 11.8 Å². The fourth-order valence-corrected chi connectivity index (χ4v) is 2.20. The zero-order valence-corrected chi connectivity index (χ0v) is 8.88. The first-order valence-corrected chi connectivity index (χ1v) is 5.38. The van der Waals surface area contributed by atoms with E-state index in [1.54, 1.807) is 0 Å². The van der Waals surface area contributed by atoms with E-state index in [1.165, 1.54) is 5.57 Å². The summed E-state index contributed by atoms with van der Waals surface area (Å²) in [7, 11) is 0. The maximum atomic E-state index is 11.6. The molecule has 0 saturated carbocycles. The Balaban J connectivity index is 2.20. The van der Waals surface area contributed by atoms with Crippen LogP contribution in [-0.4, -0.2) is 11.8 Å². The molecule has 1 atom stereocenters. The Morgan fingerprint density at radius 2 is 2.13 bits per heavy atom. The summed E-state index contributed by atoms with van der Waals surface area (Å²) in [5, 5.41) is 2.40. The number of carbonyl (C=O) groups excluding carboxylic acids is 2. The monoisotopic (exact) mass is 205 g/mol. The van der Waals surface area contributed by atoms with Gasteiger partial charge < -0.3 is 0 Å². The highest BCUT2D eigenvalue weighted by Gasteiger charge is 2.29. The summed E-state index contributed by atoms with van der Waals surface area (Å²) in [5.74, 6) is -0.388. The Kier molecular flexibility index (Phi) is 2.71. The lowest BCUT2D eigenvalue weighted by Crippen LogP contribution is -2.41. The van der Waals surface area contributed by atoms with Crippen molar-refractivity contribution in [3.8, 4) is 0 Å². The molecule has 0 radical (unpaired) electrons. The third-order valence-corrected chi connectivity index (χ3v) is 3.09. The van der Waals surface area contributed by atoms with Gasteiger partial charge in [0.2, 0.25) is 11.8 Å². The minimum Gasteiger partial charge on any atom is -0.296 e. The molecule has 0 bridgehead atoms. The van der Waals surface area contributed by atoms with E-state index in [0.717, 1.165) is 18.4 Å². The van der Waals surface area contributed by atoms with Crippen LogP contribution in [0, 0.1) is 5.92 Å². The van der Waals surface area contributed by atoms with Crippen molar-refractivity contribution in [2.75, 3.05) is 0 Å². The lowest BCUT2D eigenvalue weighted by molar-refractivity contribution is -0.135. The number of imide groups is 1. The maximum absolute atomic E-state index is 11.6. The van der Waals surface area contributed by atoms with Crippen LogP contribution in [0.15, 0.2) is 23.3 Å². The van der Waals surface area contributed by atoms with Gasteiger partial charge in [0.15, 0.2) is 0 Å². The Morgan fingerprint density at radius 1 is 1.33 bits per heavy atom. The molecular weight excluding hydrogens is 190 g/mol. The number of carbonyl (C=O) groups is 2. The number of piperidine rings is 1. The van der Waals surface area contributed by atoms with Crippen LogP contribution in [0.25, 0.3) is 0 Å². The molecule has 1 unspecified atom stereocenters. The second-order valence-electron chi connectivity index (χ2n) is 4.18. The maximum Gasteiger partial charge on any atom is 0.234 e. The van der Waals surface area contributed by atoms with Gasteiger partial charge in [-0.2, -0.15) is 0 Å². The molecule has 0 aromatic rings. The van der Waals surface area contributed by atoms with Gasteiger partial charge in [-0.3, -0.25) is 14.9 Å². The van der Waals surface area contributed by atoms with Crippen LogP contribution < -0.4 is 5.32 Å². The van der Waals surface area contributed by atoms with E-state index in [0.29, 0.717) is 12.8 Å². The second kappa shape index (κ2) is 4.01. The lowest BCUT2D eigenvalue weighted by atomic mass is 9.84. The quantitative estimate of drug-likeness (QED) is 0.662. The Morgan fingerprint density at radius 3 is 2.80 bits per heavy atom. The van der Waals surface area contributed by atoms with Crippen LogP contribution in [-0.2, 0) is 9.59 Å². The Bertz CT molecular complexity index is 366. The third kappa shape index (κ3) is 2.01. The van der Waals surface area contributed by atoms with E-state index in [1.807, 2.05) is 6.08 Å². The normalized spacial score (nSPS) is 26.9. The molecule has 0 spiro atoms. The molecule has 0 aromatic carbocycles. The first kappa shape index (κ1) is 10.1. The van der Waals surface area contributed by atoms with Crippen molar-refractivity contribution in [2.45, 2.75) is 32.6 Å². The van der Waals surface area contributed by atoms with Crippen LogP contribution in [0.3, 0.4) is 0 Å². The molecule has 15 heavy (non-hydrogen) atoms. The summed E-state index contributed by atoms with van der Waals surface area (Å²) < 4.78 is 0. The molecule has 3 nitrogen and oxygen atoms in total. The lowest BCUT2D eigenvalue weighted by Gasteiger charge is -2.25. The summed E-state index contributed by atoms with van der Waals surface area (Å²) in [6.07, 6.45) is 7.35. The first-order valence-electron chi connectivity index (χ1n) is 5.38. The molecule has 1 aliphatic carbocycles. The van der Waals surface area contributed by atoms with E-state index in [4.69, 9.17) is 0 Å². The minimum atomic E-state index is -0.144. The van der Waals surface area contributed by atoms with Crippen LogP contribution in [0.1, 0.15) is 32.6 Å². The van der Waals surface area contributed by atoms with Gasteiger partial charge in [0, 0.05) is 6.42 Å². The van der Waals surface area contributed by atoms with Crippen molar-refractivity contribution < 1.29 is 9.59 Å². The average Bonchev–Trinajstić information content (AvgIpc) is 2.20. The highest BCUT2D eigenvalue weighted by Crippen LogP contribution is 2.29. The summed E-state index contributed by atoms with van der Waals surface area (Å²) in [6.45, 7) is 2.07. The van der Waals surface area contributed by atoms with Gasteiger partial charge >= 0.3 is 0 Å². The molecule has 2 rings (SSSR count). The molecule has 0 aromatic heterocycles. The smallest absolute Gasteiger partial charge is 0.234 e. The zero-order valence-electron chi connectivity index (χ0n) is 8.88. The molecule has 1 N–H and O–H groups in total.